The van der Waals surface area contributed by atoms with Crippen LogP contribution < -0.4 is 10.3 Å². The van der Waals surface area contributed by atoms with Gasteiger partial charge in [0.2, 0.25) is 5.43 Å². The lowest BCUT2D eigenvalue weighted by Crippen LogP contribution is -2.33. The first-order chi connectivity index (χ1) is 13.5. The summed E-state index contributed by atoms with van der Waals surface area (Å²) < 4.78 is 19.8. The fourth-order valence-corrected chi connectivity index (χ4v) is 4.61. The van der Waals surface area contributed by atoms with Crippen LogP contribution in [-0.4, -0.2) is 42.3 Å². The van der Waals surface area contributed by atoms with Crippen LogP contribution in [0.2, 0.25) is 0 Å². The first-order valence-corrected chi connectivity index (χ1v) is 9.34. The lowest BCUT2D eigenvalue weighted by atomic mass is 9.86. The Kier molecular flexibility index (Phi) is 3.62. The van der Waals surface area contributed by atoms with Gasteiger partial charge in [0, 0.05) is 43.3 Å². The van der Waals surface area contributed by atoms with Crippen LogP contribution in [0.3, 0.4) is 0 Å². The third-order valence-electron chi connectivity index (χ3n) is 6.15. The molecule has 5 rings (SSSR count). The third kappa shape index (κ3) is 2.53. The molecule has 144 valence electrons. The zero-order valence-electron chi connectivity index (χ0n) is 15.2. The van der Waals surface area contributed by atoms with Crippen LogP contribution in [0.5, 0.6) is 0 Å². The zero-order valence-corrected chi connectivity index (χ0v) is 15.2. The number of hydrogen-bond acceptors (Lipinski definition) is 4. The van der Waals surface area contributed by atoms with Crippen molar-refractivity contribution < 1.29 is 18.7 Å². The smallest absolute Gasteiger partial charge is 0.407 e. The first kappa shape index (κ1) is 17.0. The molecule has 3 heterocycles. The topological polar surface area (TPSA) is 74.0 Å². The van der Waals surface area contributed by atoms with Crippen molar-refractivity contribution in [2.75, 3.05) is 31.1 Å². The normalized spacial score (nSPS) is 22.0. The monoisotopic (exact) mass is 382 g/mol. The van der Waals surface area contributed by atoms with Gasteiger partial charge in [0.1, 0.15) is 5.58 Å². The molecule has 2 aliphatic rings. The van der Waals surface area contributed by atoms with E-state index in [4.69, 9.17) is 4.42 Å². The van der Waals surface area contributed by atoms with E-state index in [1.807, 2.05) is 6.07 Å². The molecule has 6 nitrogen and oxygen atoms in total. The van der Waals surface area contributed by atoms with E-state index in [1.54, 1.807) is 18.2 Å². The average Bonchev–Trinajstić information content (AvgIpc) is 3.30. The highest BCUT2D eigenvalue weighted by atomic mass is 19.1. The number of nitrogens with zero attached hydrogens (tertiary/aromatic N) is 2. The maximum Gasteiger partial charge on any atom is 0.407 e. The number of hydrogen-bond donors (Lipinski definition) is 1. The Labute approximate surface area is 159 Å². The molecule has 28 heavy (non-hydrogen) atoms. The molecule has 0 saturated carbocycles. The molecule has 0 radical (unpaired) electrons. The minimum Gasteiger partial charge on any atom is -0.465 e. The van der Waals surface area contributed by atoms with Gasteiger partial charge in [0.25, 0.3) is 0 Å². The number of rotatable bonds is 1. The van der Waals surface area contributed by atoms with Crippen LogP contribution in [0, 0.1) is 11.2 Å². The van der Waals surface area contributed by atoms with Gasteiger partial charge in [0.15, 0.2) is 11.4 Å². The second kappa shape index (κ2) is 5.95. The molecule has 1 unspecified atom stereocenters. The van der Waals surface area contributed by atoms with E-state index in [2.05, 4.69) is 4.90 Å². The van der Waals surface area contributed by atoms with E-state index in [9.17, 15) is 19.1 Å². The van der Waals surface area contributed by atoms with E-state index in [-0.39, 0.29) is 21.8 Å². The molecule has 2 aromatic carbocycles. The van der Waals surface area contributed by atoms with Crippen molar-refractivity contribution in [3.63, 3.8) is 0 Å². The summed E-state index contributed by atoms with van der Waals surface area (Å²) in [4.78, 5) is 27.6. The van der Waals surface area contributed by atoms with Crippen LogP contribution in [0.4, 0.5) is 14.9 Å². The van der Waals surface area contributed by atoms with Gasteiger partial charge in [0.05, 0.1) is 10.8 Å². The molecule has 1 atom stereocenters. The van der Waals surface area contributed by atoms with Crippen molar-refractivity contribution in [2.24, 2.45) is 5.41 Å². The SMILES string of the molecule is O=C(O)N1CCC2(CCN(c3ccc4c(=O)c5cccc(F)c5oc4c3)C2)C1. The van der Waals surface area contributed by atoms with E-state index in [0.29, 0.717) is 24.1 Å². The maximum atomic E-state index is 14.1. The van der Waals surface area contributed by atoms with Crippen LogP contribution in [0.1, 0.15) is 12.8 Å². The Morgan fingerprint density at radius 2 is 1.93 bits per heavy atom. The highest BCUT2D eigenvalue weighted by molar-refractivity contribution is 5.91. The Morgan fingerprint density at radius 3 is 2.71 bits per heavy atom. The summed E-state index contributed by atoms with van der Waals surface area (Å²) in [7, 11) is 0. The molecule has 0 aliphatic carbocycles. The van der Waals surface area contributed by atoms with Gasteiger partial charge >= 0.3 is 6.09 Å². The van der Waals surface area contributed by atoms with Crippen LogP contribution in [-0.2, 0) is 0 Å². The lowest BCUT2D eigenvalue weighted by molar-refractivity contribution is 0.150. The van der Waals surface area contributed by atoms with Crippen LogP contribution in [0.15, 0.2) is 45.6 Å². The van der Waals surface area contributed by atoms with Crippen molar-refractivity contribution in [2.45, 2.75) is 12.8 Å². The van der Waals surface area contributed by atoms with Gasteiger partial charge in [-0.3, -0.25) is 4.79 Å². The quantitative estimate of drug-likeness (QED) is 0.650. The van der Waals surface area contributed by atoms with Crippen molar-refractivity contribution in [3.05, 3.63) is 52.4 Å². The number of amides is 1. The summed E-state index contributed by atoms with van der Waals surface area (Å²) in [6, 6.07) is 9.74. The van der Waals surface area contributed by atoms with E-state index in [1.165, 1.54) is 17.0 Å². The van der Waals surface area contributed by atoms with Crippen molar-refractivity contribution >= 4 is 33.7 Å². The number of para-hydroxylation sites is 1. The number of carboxylic acid groups (broad SMARTS) is 1. The van der Waals surface area contributed by atoms with Gasteiger partial charge in [-0.05, 0) is 37.1 Å². The summed E-state index contributed by atoms with van der Waals surface area (Å²) in [6.07, 6.45) is 0.913. The predicted molar refractivity (Wildman–Crippen MR) is 103 cm³/mol. The molecule has 1 N–H and O–H groups in total. The molecule has 2 aliphatic heterocycles. The third-order valence-corrected chi connectivity index (χ3v) is 6.15. The highest BCUT2D eigenvalue weighted by Gasteiger charge is 2.44. The Morgan fingerprint density at radius 1 is 1.11 bits per heavy atom. The molecule has 0 bridgehead atoms. The Hall–Kier alpha value is -3.09. The second-order valence-electron chi connectivity index (χ2n) is 7.85. The molecule has 1 aromatic heterocycles. The van der Waals surface area contributed by atoms with Crippen LogP contribution >= 0.6 is 0 Å². The molecule has 2 saturated heterocycles. The summed E-state index contributed by atoms with van der Waals surface area (Å²) in [5.41, 5.74) is 0.969. The van der Waals surface area contributed by atoms with Gasteiger partial charge in [-0.2, -0.15) is 0 Å². The minimum absolute atomic E-state index is 0.0241. The Balaban J connectivity index is 1.51. The highest BCUT2D eigenvalue weighted by Crippen LogP contribution is 2.41. The van der Waals surface area contributed by atoms with Crippen LogP contribution in [0.25, 0.3) is 21.9 Å². The molecular formula is C21H19FN2O4. The molecule has 7 heteroatoms. The van der Waals surface area contributed by atoms with E-state index >= 15 is 0 Å². The first-order valence-electron chi connectivity index (χ1n) is 9.34. The number of halogens is 1. The Bertz CT molecular complexity index is 1170. The molecular weight excluding hydrogens is 363 g/mol. The summed E-state index contributed by atoms with van der Waals surface area (Å²) in [6.45, 7) is 2.69. The van der Waals surface area contributed by atoms with Gasteiger partial charge in [-0.1, -0.05) is 6.07 Å². The summed E-state index contributed by atoms with van der Waals surface area (Å²) in [5, 5.41) is 9.89. The van der Waals surface area contributed by atoms with Gasteiger partial charge in [-0.25, -0.2) is 9.18 Å². The molecule has 2 fully saturated rings. The summed E-state index contributed by atoms with van der Waals surface area (Å²) >= 11 is 0. The van der Waals surface area contributed by atoms with E-state index in [0.717, 1.165) is 31.6 Å². The standard InChI is InChI=1S/C21H19FN2O4/c22-16-3-1-2-15-18(25)14-5-4-13(10-17(14)28-19(15)16)23-8-6-21(11-23)7-9-24(12-21)20(26)27/h1-5,10H,6-9,11-12H2,(H,26,27). The van der Waals surface area contributed by atoms with E-state index < -0.39 is 11.9 Å². The van der Waals surface area contributed by atoms with Gasteiger partial charge < -0.3 is 19.3 Å². The molecule has 1 amide bonds. The minimum atomic E-state index is -0.864. The lowest BCUT2D eigenvalue weighted by Gasteiger charge is -2.25. The maximum absolute atomic E-state index is 14.1. The zero-order chi connectivity index (χ0) is 19.5. The van der Waals surface area contributed by atoms with Crippen molar-refractivity contribution in [3.8, 4) is 0 Å². The fraction of sp³-hybridized carbons (Fsp3) is 0.333. The number of anilines is 1. The summed E-state index contributed by atoms with van der Waals surface area (Å²) in [5.74, 6) is -0.554. The number of likely N-dealkylation sites (tertiary alicyclic amines) is 1. The van der Waals surface area contributed by atoms with Crippen molar-refractivity contribution in [1.29, 1.82) is 0 Å². The number of fused-ring (bicyclic) bond motifs is 2. The largest absolute Gasteiger partial charge is 0.465 e. The number of benzene rings is 2. The predicted octanol–water partition coefficient (Wildman–Crippen LogP) is 3.67. The fourth-order valence-electron chi connectivity index (χ4n) is 4.61. The molecule has 3 aromatic rings. The second-order valence-corrected chi connectivity index (χ2v) is 7.85. The molecule has 1 spiro atoms. The number of carbonyl (C=O) groups is 1. The van der Waals surface area contributed by atoms with Crippen molar-refractivity contribution in [1.82, 2.24) is 4.90 Å². The average molecular weight is 382 g/mol. The van der Waals surface area contributed by atoms with Gasteiger partial charge in [-0.15, -0.1) is 0 Å².